The minimum absolute atomic E-state index is 0.150. The third-order valence-corrected chi connectivity index (χ3v) is 3.67. The second kappa shape index (κ2) is 5.50. The van der Waals surface area contributed by atoms with Crippen LogP contribution in [0, 0.1) is 25.2 Å². The van der Waals surface area contributed by atoms with Crippen molar-refractivity contribution in [2.75, 3.05) is 5.32 Å². The van der Waals surface area contributed by atoms with E-state index in [9.17, 15) is 0 Å². The molecule has 0 aliphatic heterocycles. The van der Waals surface area contributed by atoms with Gasteiger partial charge in [0, 0.05) is 15.7 Å². The SMILES string of the molecule is Cc1cc(C(C)Nc2ccc(C#N)c(Br)c2)c(C)o1. The molecule has 0 bridgehead atoms. The maximum atomic E-state index is 8.90. The van der Waals surface area contributed by atoms with E-state index in [0.29, 0.717) is 5.56 Å². The monoisotopic (exact) mass is 318 g/mol. The maximum absolute atomic E-state index is 8.90. The van der Waals surface area contributed by atoms with E-state index in [1.807, 2.05) is 32.0 Å². The molecule has 1 aromatic heterocycles. The van der Waals surface area contributed by atoms with E-state index in [-0.39, 0.29) is 6.04 Å². The summed E-state index contributed by atoms with van der Waals surface area (Å²) in [6.07, 6.45) is 0. The lowest BCUT2D eigenvalue weighted by Gasteiger charge is -2.15. The zero-order valence-corrected chi connectivity index (χ0v) is 12.7. The Morgan fingerprint density at radius 2 is 2.05 bits per heavy atom. The van der Waals surface area contributed by atoms with Gasteiger partial charge >= 0.3 is 0 Å². The van der Waals surface area contributed by atoms with Crippen molar-refractivity contribution < 1.29 is 4.42 Å². The van der Waals surface area contributed by atoms with E-state index in [1.165, 1.54) is 0 Å². The summed E-state index contributed by atoms with van der Waals surface area (Å²) >= 11 is 3.39. The Hall–Kier alpha value is -1.73. The van der Waals surface area contributed by atoms with Gasteiger partial charge in [-0.25, -0.2) is 0 Å². The number of nitrogens with one attached hydrogen (secondary N) is 1. The van der Waals surface area contributed by atoms with Gasteiger partial charge in [0.05, 0.1) is 11.6 Å². The molecule has 0 amide bonds. The number of anilines is 1. The molecule has 0 radical (unpaired) electrons. The summed E-state index contributed by atoms with van der Waals surface area (Å²) in [7, 11) is 0. The molecule has 3 nitrogen and oxygen atoms in total. The Morgan fingerprint density at radius 1 is 1.32 bits per heavy atom. The lowest BCUT2D eigenvalue weighted by atomic mass is 10.1. The number of aryl methyl sites for hydroxylation is 2. The number of nitrogens with zero attached hydrogens (tertiary/aromatic N) is 1. The van der Waals surface area contributed by atoms with Gasteiger partial charge in [-0.05, 0) is 61.0 Å². The highest BCUT2D eigenvalue weighted by molar-refractivity contribution is 9.10. The van der Waals surface area contributed by atoms with Gasteiger partial charge in [-0.15, -0.1) is 0 Å². The molecule has 0 saturated carbocycles. The van der Waals surface area contributed by atoms with Crippen LogP contribution in [0.2, 0.25) is 0 Å². The average molecular weight is 319 g/mol. The average Bonchev–Trinajstić information content (AvgIpc) is 2.69. The van der Waals surface area contributed by atoms with Crippen LogP contribution in [0.3, 0.4) is 0 Å². The summed E-state index contributed by atoms with van der Waals surface area (Å²) in [6.45, 7) is 6.00. The molecular weight excluding hydrogens is 304 g/mol. The number of benzene rings is 1. The van der Waals surface area contributed by atoms with Crippen molar-refractivity contribution in [3.05, 3.63) is 51.4 Å². The summed E-state index contributed by atoms with van der Waals surface area (Å²) in [4.78, 5) is 0. The minimum atomic E-state index is 0.150. The van der Waals surface area contributed by atoms with Gasteiger partial charge in [-0.2, -0.15) is 5.26 Å². The largest absolute Gasteiger partial charge is 0.466 e. The predicted molar refractivity (Wildman–Crippen MR) is 79.1 cm³/mol. The van der Waals surface area contributed by atoms with Gasteiger partial charge in [0.1, 0.15) is 17.6 Å². The number of hydrogen-bond donors (Lipinski definition) is 1. The zero-order chi connectivity index (χ0) is 14.0. The van der Waals surface area contributed by atoms with Crippen molar-refractivity contribution >= 4 is 21.6 Å². The lowest BCUT2D eigenvalue weighted by molar-refractivity contribution is 0.500. The molecule has 1 atom stereocenters. The van der Waals surface area contributed by atoms with E-state index in [2.05, 4.69) is 34.2 Å². The van der Waals surface area contributed by atoms with Gasteiger partial charge in [-0.1, -0.05) is 0 Å². The first-order valence-electron chi connectivity index (χ1n) is 6.04. The van der Waals surface area contributed by atoms with Gasteiger partial charge in [0.15, 0.2) is 0 Å². The molecule has 2 rings (SSSR count). The van der Waals surface area contributed by atoms with E-state index in [4.69, 9.17) is 9.68 Å². The van der Waals surface area contributed by atoms with E-state index in [0.717, 1.165) is 27.2 Å². The number of rotatable bonds is 3. The maximum Gasteiger partial charge on any atom is 0.106 e. The zero-order valence-electron chi connectivity index (χ0n) is 11.1. The van der Waals surface area contributed by atoms with E-state index in [1.54, 1.807) is 6.07 Å². The standard InChI is InChI=1S/C15H15BrN2O/c1-9-6-14(11(3)19-9)10(2)18-13-5-4-12(8-17)15(16)7-13/h4-7,10,18H,1-3H3. The van der Waals surface area contributed by atoms with E-state index >= 15 is 0 Å². The summed E-state index contributed by atoms with van der Waals surface area (Å²) in [6, 6.07) is 9.94. The molecule has 0 spiro atoms. The molecule has 1 N–H and O–H groups in total. The number of nitriles is 1. The second-order valence-electron chi connectivity index (χ2n) is 4.54. The second-order valence-corrected chi connectivity index (χ2v) is 5.40. The number of hydrogen-bond acceptors (Lipinski definition) is 3. The molecule has 1 aromatic carbocycles. The molecule has 0 saturated heterocycles. The first kappa shape index (κ1) is 13.7. The predicted octanol–water partition coefficient (Wildman–Crippen LogP) is 4.70. The van der Waals surface area contributed by atoms with Gasteiger partial charge in [0.25, 0.3) is 0 Å². The molecule has 0 fully saturated rings. The Bertz CT molecular complexity index is 640. The van der Waals surface area contributed by atoms with Crippen molar-refractivity contribution in [1.82, 2.24) is 0 Å². The van der Waals surface area contributed by atoms with Crippen LogP contribution in [0.5, 0.6) is 0 Å². The molecule has 19 heavy (non-hydrogen) atoms. The van der Waals surface area contributed by atoms with Crippen molar-refractivity contribution in [1.29, 1.82) is 5.26 Å². The first-order chi connectivity index (χ1) is 9.01. The quantitative estimate of drug-likeness (QED) is 0.892. The topological polar surface area (TPSA) is 49.0 Å². The van der Waals surface area contributed by atoms with Crippen molar-refractivity contribution in [3.63, 3.8) is 0 Å². The molecule has 1 heterocycles. The van der Waals surface area contributed by atoms with Crippen LogP contribution >= 0.6 is 15.9 Å². The molecule has 98 valence electrons. The van der Waals surface area contributed by atoms with Crippen LogP contribution < -0.4 is 5.32 Å². The van der Waals surface area contributed by atoms with Crippen LogP contribution in [-0.4, -0.2) is 0 Å². The van der Waals surface area contributed by atoms with Crippen molar-refractivity contribution in [2.45, 2.75) is 26.8 Å². The fraction of sp³-hybridized carbons (Fsp3) is 0.267. The Morgan fingerprint density at radius 3 is 2.58 bits per heavy atom. The smallest absolute Gasteiger partial charge is 0.106 e. The molecule has 4 heteroatoms. The molecule has 0 aliphatic rings. The third kappa shape index (κ3) is 2.99. The Labute approximate surface area is 121 Å². The molecule has 0 aliphatic carbocycles. The van der Waals surface area contributed by atoms with Crippen molar-refractivity contribution in [3.8, 4) is 6.07 Å². The molecular formula is C15H15BrN2O. The highest BCUT2D eigenvalue weighted by atomic mass is 79.9. The summed E-state index contributed by atoms with van der Waals surface area (Å²) < 4.78 is 6.34. The summed E-state index contributed by atoms with van der Waals surface area (Å²) in [5.41, 5.74) is 2.75. The summed E-state index contributed by atoms with van der Waals surface area (Å²) in [5.74, 6) is 1.85. The van der Waals surface area contributed by atoms with Crippen LogP contribution in [0.1, 0.15) is 35.6 Å². The third-order valence-electron chi connectivity index (χ3n) is 3.02. The highest BCUT2D eigenvalue weighted by Crippen LogP contribution is 2.27. The summed E-state index contributed by atoms with van der Waals surface area (Å²) in [5, 5.41) is 12.3. The minimum Gasteiger partial charge on any atom is -0.466 e. The van der Waals surface area contributed by atoms with Crippen molar-refractivity contribution in [2.24, 2.45) is 0 Å². The number of halogens is 1. The van der Waals surface area contributed by atoms with Crippen LogP contribution in [0.15, 0.2) is 33.2 Å². The van der Waals surface area contributed by atoms with Gasteiger partial charge in [0.2, 0.25) is 0 Å². The van der Waals surface area contributed by atoms with Crippen LogP contribution in [0.25, 0.3) is 0 Å². The number of furan rings is 1. The fourth-order valence-electron chi connectivity index (χ4n) is 2.10. The fourth-order valence-corrected chi connectivity index (χ4v) is 2.57. The van der Waals surface area contributed by atoms with Gasteiger partial charge in [-0.3, -0.25) is 0 Å². The van der Waals surface area contributed by atoms with Crippen LogP contribution in [0.4, 0.5) is 5.69 Å². The van der Waals surface area contributed by atoms with Gasteiger partial charge < -0.3 is 9.73 Å². The van der Waals surface area contributed by atoms with Crippen LogP contribution in [-0.2, 0) is 0 Å². The normalized spacial score (nSPS) is 11.9. The lowest BCUT2D eigenvalue weighted by Crippen LogP contribution is -2.06. The highest BCUT2D eigenvalue weighted by Gasteiger charge is 2.13. The Balaban J connectivity index is 2.20. The molecule has 2 aromatic rings. The van der Waals surface area contributed by atoms with E-state index < -0.39 is 0 Å². The Kier molecular flexibility index (Phi) is 3.96. The first-order valence-corrected chi connectivity index (χ1v) is 6.83. The molecule has 1 unspecified atom stereocenters.